The molecule has 1 aromatic rings. The van der Waals surface area contributed by atoms with Gasteiger partial charge in [0.15, 0.2) is 0 Å². The van der Waals surface area contributed by atoms with Crippen LogP contribution in [-0.2, 0) is 0 Å². The summed E-state index contributed by atoms with van der Waals surface area (Å²) in [6.07, 6.45) is 7.67. The Labute approximate surface area is 111 Å². The van der Waals surface area contributed by atoms with Gasteiger partial charge in [-0.3, -0.25) is 4.98 Å². The smallest absolute Gasteiger partial charge is 0.0576 e. The normalized spacial score (nSPS) is 19.6. The molecule has 0 amide bonds. The number of rotatable bonds is 5. The van der Waals surface area contributed by atoms with Crippen molar-refractivity contribution in [3.8, 4) is 0 Å². The molecule has 1 saturated heterocycles. The number of nitrogens with one attached hydrogen (secondary N) is 1. The van der Waals surface area contributed by atoms with E-state index in [2.05, 4.69) is 42.0 Å². The summed E-state index contributed by atoms with van der Waals surface area (Å²) in [7, 11) is 0. The van der Waals surface area contributed by atoms with Crippen molar-refractivity contribution in [1.82, 2.24) is 4.98 Å². The van der Waals surface area contributed by atoms with Crippen molar-refractivity contribution in [2.45, 2.75) is 46.1 Å². The molecule has 1 aromatic heterocycles. The van der Waals surface area contributed by atoms with Gasteiger partial charge < -0.3 is 10.2 Å². The molecule has 1 N–H and O–H groups in total. The molecule has 1 aliphatic heterocycles. The first kappa shape index (κ1) is 13.2. The Morgan fingerprint density at radius 1 is 1.44 bits per heavy atom. The van der Waals surface area contributed by atoms with E-state index in [4.69, 9.17) is 0 Å². The second-order valence-electron chi connectivity index (χ2n) is 5.51. The van der Waals surface area contributed by atoms with Gasteiger partial charge in [-0.15, -0.1) is 0 Å². The third-order valence-electron chi connectivity index (χ3n) is 3.70. The maximum absolute atomic E-state index is 4.37. The van der Waals surface area contributed by atoms with Crippen LogP contribution in [0.4, 0.5) is 11.4 Å². The summed E-state index contributed by atoms with van der Waals surface area (Å²) in [4.78, 5) is 6.89. The molecule has 2 rings (SSSR count). The highest BCUT2D eigenvalue weighted by Gasteiger charge is 2.27. The van der Waals surface area contributed by atoms with Gasteiger partial charge in [-0.2, -0.15) is 0 Å². The van der Waals surface area contributed by atoms with Crippen LogP contribution in [0.3, 0.4) is 0 Å². The Morgan fingerprint density at radius 3 is 3.00 bits per heavy atom. The molecule has 1 aliphatic rings. The molecule has 3 heteroatoms. The molecule has 18 heavy (non-hydrogen) atoms. The lowest BCUT2D eigenvalue weighted by atomic mass is 10.0. The van der Waals surface area contributed by atoms with Crippen molar-refractivity contribution >= 4 is 11.4 Å². The molecule has 1 atom stereocenters. The second kappa shape index (κ2) is 6.07. The Morgan fingerprint density at radius 2 is 2.28 bits per heavy atom. The largest absolute Gasteiger partial charge is 0.384 e. The number of hydrogen-bond donors (Lipinski definition) is 1. The van der Waals surface area contributed by atoms with Crippen LogP contribution in [0.2, 0.25) is 0 Å². The molecule has 0 aromatic carbocycles. The molecule has 0 bridgehead atoms. The van der Waals surface area contributed by atoms with Crippen molar-refractivity contribution in [3.05, 3.63) is 18.5 Å². The minimum Gasteiger partial charge on any atom is -0.384 e. The molecular weight excluding hydrogens is 222 g/mol. The van der Waals surface area contributed by atoms with Crippen molar-refractivity contribution in [3.63, 3.8) is 0 Å². The molecule has 0 spiro atoms. The van der Waals surface area contributed by atoms with Gasteiger partial charge in [0.2, 0.25) is 0 Å². The van der Waals surface area contributed by atoms with Crippen LogP contribution >= 0.6 is 0 Å². The SMILES string of the molecule is CCCNc1cncc(N2CCCC2C(C)C)c1. The number of pyridine rings is 1. The predicted octanol–water partition coefficient (Wildman–Crippen LogP) is 3.53. The minimum atomic E-state index is 0.674. The van der Waals surface area contributed by atoms with E-state index < -0.39 is 0 Å². The number of nitrogens with zero attached hydrogens (tertiary/aromatic N) is 2. The van der Waals surface area contributed by atoms with Crippen LogP contribution in [0.25, 0.3) is 0 Å². The van der Waals surface area contributed by atoms with Gasteiger partial charge >= 0.3 is 0 Å². The zero-order valence-corrected chi connectivity index (χ0v) is 11.8. The molecular formula is C15H25N3. The van der Waals surface area contributed by atoms with E-state index in [-0.39, 0.29) is 0 Å². The van der Waals surface area contributed by atoms with Crippen LogP contribution < -0.4 is 10.2 Å². The lowest BCUT2D eigenvalue weighted by molar-refractivity contribution is 0.491. The van der Waals surface area contributed by atoms with Crippen LogP contribution in [-0.4, -0.2) is 24.1 Å². The van der Waals surface area contributed by atoms with Gasteiger partial charge in [-0.05, 0) is 31.2 Å². The average Bonchev–Trinajstić information content (AvgIpc) is 2.86. The molecule has 1 fully saturated rings. The number of hydrogen-bond acceptors (Lipinski definition) is 3. The Balaban J connectivity index is 2.12. The predicted molar refractivity (Wildman–Crippen MR) is 78.2 cm³/mol. The highest BCUT2D eigenvalue weighted by molar-refractivity contribution is 5.56. The van der Waals surface area contributed by atoms with Gasteiger partial charge in [0.1, 0.15) is 0 Å². The fourth-order valence-electron chi connectivity index (χ4n) is 2.76. The molecule has 1 unspecified atom stereocenters. The van der Waals surface area contributed by atoms with Crippen LogP contribution in [0, 0.1) is 5.92 Å². The van der Waals surface area contributed by atoms with E-state index in [0.717, 1.165) is 18.7 Å². The highest BCUT2D eigenvalue weighted by atomic mass is 15.2. The van der Waals surface area contributed by atoms with Crippen molar-refractivity contribution in [2.24, 2.45) is 5.92 Å². The lowest BCUT2D eigenvalue weighted by Crippen LogP contribution is -2.33. The molecule has 100 valence electrons. The minimum absolute atomic E-state index is 0.674. The first-order valence-electron chi connectivity index (χ1n) is 7.18. The molecule has 0 aliphatic carbocycles. The summed E-state index contributed by atoms with van der Waals surface area (Å²) in [5.74, 6) is 0.708. The standard InChI is InChI=1S/C15H25N3/c1-4-7-17-13-9-14(11-16-10-13)18-8-5-6-15(18)12(2)3/h9-12,15,17H,4-8H2,1-3H3. The van der Waals surface area contributed by atoms with E-state index in [0.29, 0.717) is 12.0 Å². The van der Waals surface area contributed by atoms with Crippen molar-refractivity contribution < 1.29 is 0 Å². The van der Waals surface area contributed by atoms with Gasteiger partial charge in [-0.1, -0.05) is 20.8 Å². The third-order valence-corrected chi connectivity index (χ3v) is 3.70. The summed E-state index contributed by atoms with van der Waals surface area (Å²) in [6.45, 7) is 8.99. The molecule has 3 nitrogen and oxygen atoms in total. The summed E-state index contributed by atoms with van der Waals surface area (Å²) in [5.41, 5.74) is 2.41. The monoisotopic (exact) mass is 247 g/mol. The number of aromatic nitrogens is 1. The van der Waals surface area contributed by atoms with E-state index in [1.54, 1.807) is 0 Å². The summed E-state index contributed by atoms with van der Waals surface area (Å²) in [5, 5.41) is 3.41. The van der Waals surface area contributed by atoms with Crippen LogP contribution in [0.5, 0.6) is 0 Å². The summed E-state index contributed by atoms with van der Waals surface area (Å²) >= 11 is 0. The van der Waals surface area contributed by atoms with E-state index >= 15 is 0 Å². The van der Waals surface area contributed by atoms with E-state index in [9.17, 15) is 0 Å². The fraction of sp³-hybridized carbons (Fsp3) is 0.667. The third kappa shape index (κ3) is 2.95. The average molecular weight is 247 g/mol. The maximum atomic E-state index is 4.37. The van der Waals surface area contributed by atoms with E-state index in [1.807, 2.05) is 12.4 Å². The summed E-state index contributed by atoms with van der Waals surface area (Å²) < 4.78 is 0. The zero-order valence-electron chi connectivity index (χ0n) is 11.8. The van der Waals surface area contributed by atoms with Crippen molar-refractivity contribution in [1.29, 1.82) is 0 Å². The first-order valence-corrected chi connectivity index (χ1v) is 7.18. The lowest BCUT2D eigenvalue weighted by Gasteiger charge is -2.29. The van der Waals surface area contributed by atoms with Gasteiger partial charge in [0.05, 0.1) is 23.8 Å². The van der Waals surface area contributed by atoms with Gasteiger partial charge in [0, 0.05) is 19.1 Å². The highest BCUT2D eigenvalue weighted by Crippen LogP contribution is 2.30. The van der Waals surface area contributed by atoms with Crippen molar-refractivity contribution in [2.75, 3.05) is 23.3 Å². The fourth-order valence-corrected chi connectivity index (χ4v) is 2.76. The zero-order chi connectivity index (χ0) is 13.0. The second-order valence-corrected chi connectivity index (χ2v) is 5.51. The maximum Gasteiger partial charge on any atom is 0.0576 e. The molecule has 0 radical (unpaired) electrons. The molecule has 0 saturated carbocycles. The Bertz CT molecular complexity index is 376. The number of anilines is 2. The first-order chi connectivity index (χ1) is 8.72. The topological polar surface area (TPSA) is 28.2 Å². The van der Waals surface area contributed by atoms with Gasteiger partial charge in [-0.25, -0.2) is 0 Å². The Kier molecular flexibility index (Phi) is 4.45. The quantitative estimate of drug-likeness (QED) is 0.862. The van der Waals surface area contributed by atoms with Crippen LogP contribution in [0.1, 0.15) is 40.0 Å². The van der Waals surface area contributed by atoms with Crippen LogP contribution in [0.15, 0.2) is 18.5 Å². The molecule has 2 heterocycles. The van der Waals surface area contributed by atoms with E-state index in [1.165, 1.54) is 25.1 Å². The van der Waals surface area contributed by atoms with Gasteiger partial charge in [0.25, 0.3) is 0 Å². The summed E-state index contributed by atoms with van der Waals surface area (Å²) in [6, 6.07) is 2.91. The Hall–Kier alpha value is -1.25.